The van der Waals surface area contributed by atoms with Crippen LogP contribution in [0, 0.1) is 12.8 Å². The molecule has 0 aliphatic heterocycles. The Kier molecular flexibility index (Phi) is 3.18. The number of hydrogen-bond donors (Lipinski definition) is 1. The minimum atomic E-state index is -0.0480. The number of hydrogen-bond acceptors (Lipinski definition) is 4. The Labute approximate surface area is 117 Å². The molecule has 0 saturated heterocycles. The summed E-state index contributed by atoms with van der Waals surface area (Å²) in [5, 5.41) is 2.84. The minimum absolute atomic E-state index is 0.0391. The Bertz CT molecular complexity index is 622. The van der Waals surface area contributed by atoms with Crippen LogP contribution in [0.3, 0.4) is 0 Å². The van der Waals surface area contributed by atoms with Gasteiger partial charge in [-0.15, -0.1) is 0 Å². The molecule has 0 unspecified atom stereocenters. The molecule has 0 spiro atoms. The Morgan fingerprint density at radius 1 is 1.45 bits per heavy atom. The first-order valence-electron chi connectivity index (χ1n) is 6.55. The number of rotatable bonds is 4. The van der Waals surface area contributed by atoms with E-state index in [1.165, 1.54) is 0 Å². The van der Waals surface area contributed by atoms with Crippen LogP contribution >= 0.6 is 0 Å². The number of aryl methyl sites for hydroxylation is 1. The summed E-state index contributed by atoms with van der Waals surface area (Å²) in [6.45, 7) is 1.87. The molecule has 1 saturated carbocycles. The third-order valence-electron chi connectivity index (χ3n) is 3.49. The standard InChI is InChI=1S/C15H16N2O3/c1-9-5-6-13(19-2)14(16-9)17-15(18)11-8-10(11)12-4-3-7-20-12/h3-7,10-11H,8H2,1-2H3,(H,16,17,18)/t10-,11+/m0/s1. The predicted octanol–water partition coefficient (Wildman–Crippen LogP) is 2.73. The fourth-order valence-electron chi connectivity index (χ4n) is 2.31. The third-order valence-corrected chi connectivity index (χ3v) is 3.49. The smallest absolute Gasteiger partial charge is 0.229 e. The average molecular weight is 272 g/mol. The zero-order valence-electron chi connectivity index (χ0n) is 11.4. The largest absolute Gasteiger partial charge is 0.493 e. The van der Waals surface area contributed by atoms with Gasteiger partial charge in [0.15, 0.2) is 11.6 Å². The van der Waals surface area contributed by atoms with E-state index in [-0.39, 0.29) is 17.7 Å². The molecule has 2 aromatic rings. The number of amides is 1. The van der Waals surface area contributed by atoms with Gasteiger partial charge in [0, 0.05) is 17.5 Å². The maximum atomic E-state index is 12.2. The first kappa shape index (κ1) is 12.7. The van der Waals surface area contributed by atoms with Gasteiger partial charge < -0.3 is 14.5 Å². The number of anilines is 1. The highest BCUT2D eigenvalue weighted by Crippen LogP contribution is 2.48. The molecule has 0 radical (unpaired) electrons. The monoisotopic (exact) mass is 272 g/mol. The molecule has 104 valence electrons. The average Bonchev–Trinajstić information content (AvgIpc) is 3.05. The van der Waals surface area contributed by atoms with Crippen molar-refractivity contribution in [2.24, 2.45) is 5.92 Å². The summed E-state index contributed by atoms with van der Waals surface area (Å²) in [5.74, 6) is 2.01. The maximum absolute atomic E-state index is 12.2. The number of ether oxygens (including phenoxy) is 1. The Hall–Kier alpha value is -2.30. The molecule has 1 fully saturated rings. The fourth-order valence-corrected chi connectivity index (χ4v) is 2.31. The lowest BCUT2D eigenvalue weighted by Gasteiger charge is -2.09. The lowest BCUT2D eigenvalue weighted by molar-refractivity contribution is -0.117. The van der Waals surface area contributed by atoms with Gasteiger partial charge >= 0.3 is 0 Å². The van der Waals surface area contributed by atoms with Gasteiger partial charge in [0.2, 0.25) is 5.91 Å². The minimum Gasteiger partial charge on any atom is -0.493 e. The summed E-state index contributed by atoms with van der Waals surface area (Å²) in [6, 6.07) is 7.39. The highest BCUT2D eigenvalue weighted by atomic mass is 16.5. The fraction of sp³-hybridized carbons (Fsp3) is 0.333. The van der Waals surface area contributed by atoms with E-state index in [1.54, 1.807) is 19.4 Å². The van der Waals surface area contributed by atoms with Gasteiger partial charge in [-0.2, -0.15) is 0 Å². The van der Waals surface area contributed by atoms with Crippen molar-refractivity contribution in [2.45, 2.75) is 19.3 Å². The van der Waals surface area contributed by atoms with E-state index in [4.69, 9.17) is 9.15 Å². The van der Waals surface area contributed by atoms with Crippen molar-refractivity contribution in [2.75, 3.05) is 12.4 Å². The lowest BCUT2D eigenvalue weighted by atomic mass is 10.2. The van der Waals surface area contributed by atoms with Crippen molar-refractivity contribution in [3.8, 4) is 5.75 Å². The van der Waals surface area contributed by atoms with E-state index in [9.17, 15) is 4.79 Å². The van der Waals surface area contributed by atoms with Gasteiger partial charge in [-0.05, 0) is 37.6 Å². The number of pyridine rings is 1. The van der Waals surface area contributed by atoms with Crippen LogP contribution in [-0.2, 0) is 4.79 Å². The van der Waals surface area contributed by atoms with E-state index in [0.29, 0.717) is 11.6 Å². The summed E-state index contributed by atoms with van der Waals surface area (Å²) in [4.78, 5) is 16.5. The normalized spacial score (nSPS) is 20.5. The number of carbonyl (C=O) groups is 1. The van der Waals surface area contributed by atoms with Crippen molar-refractivity contribution >= 4 is 11.7 Å². The molecule has 5 heteroatoms. The van der Waals surface area contributed by atoms with Gasteiger partial charge in [-0.25, -0.2) is 4.98 Å². The van der Waals surface area contributed by atoms with E-state index < -0.39 is 0 Å². The van der Waals surface area contributed by atoms with E-state index >= 15 is 0 Å². The van der Waals surface area contributed by atoms with Crippen LogP contribution in [0.25, 0.3) is 0 Å². The molecular weight excluding hydrogens is 256 g/mol. The van der Waals surface area contributed by atoms with Crippen molar-refractivity contribution < 1.29 is 13.9 Å². The summed E-state index contributed by atoms with van der Waals surface area (Å²) in [7, 11) is 1.56. The Balaban J connectivity index is 1.70. The maximum Gasteiger partial charge on any atom is 0.229 e. The number of nitrogens with zero attached hydrogens (tertiary/aromatic N) is 1. The van der Waals surface area contributed by atoms with Gasteiger partial charge in [0.05, 0.1) is 13.4 Å². The van der Waals surface area contributed by atoms with Gasteiger partial charge in [-0.1, -0.05) is 0 Å². The molecule has 3 rings (SSSR count). The zero-order valence-corrected chi connectivity index (χ0v) is 11.4. The molecule has 1 aliphatic carbocycles. The number of aromatic nitrogens is 1. The van der Waals surface area contributed by atoms with Crippen LogP contribution < -0.4 is 10.1 Å². The topological polar surface area (TPSA) is 64.4 Å². The second kappa shape index (κ2) is 5.00. The summed E-state index contributed by atoms with van der Waals surface area (Å²) < 4.78 is 10.5. The molecule has 0 bridgehead atoms. The molecule has 2 atom stereocenters. The highest BCUT2D eigenvalue weighted by Gasteiger charge is 2.46. The SMILES string of the molecule is COc1ccc(C)nc1NC(=O)[C@@H]1C[C@@H]1c1ccco1. The van der Waals surface area contributed by atoms with Crippen LogP contribution in [0.15, 0.2) is 34.9 Å². The molecule has 1 amide bonds. The zero-order chi connectivity index (χ0) is 14.1. The summed E-state index contributed by atoms with van der Waals surface area (Å²) in [5.41, 5.74) is 0.833. The van der Waals surface area contributed by atoms with E-state index in [2.05, 4.69) is 10.3 Å². The molecule has 1 N–H and O–H groups in total. The predicted molar refractivity (Wildman–Crippen MR) is 73.7 cm³/mol. The molecule has 2 heterocycles. The van der Waals surface area contributed by atoms with Crippen molar-refractivity contribution in [1.82, 2.24) is 4.98 Å². The second-order valence-electron chi connectivity index (χ2n) is 4.96. The molecule has 0 aromatic carbocycles. The Morgan fingerprint density at radius 3 is 3.00 bits per heavy atom. The second-order valence-corrected chi connectivity index (χ2v) is 4.96. The van der Waals surface area contributed by atoms with Crippen LogP contribution in [0.4, 0.5) is 5.82 Å². The number of carbonyl (C=O) groups excluding carboxylic acids is 1. The van der Waals surface area contributed by atoms with Crippen LogP contribution in [0.5, 0.6) is 5.75 Å². The quantitative estimate of drug-likeness (QED) is 0.929. The number of furan rings is 1. The van der Waals surface area contributed by atoms with Crippen LogP contribution in [0.1, 0.15) is 23.8 Å². The highest BCUT2D eigenvalue weighted by molar-refractivity contribution is 5.95. The van der Waals surface area contributed by atoms with Crippen molar-refractivity contribution in [3.05, 3.63) is 42.0 Å². The van der Waals surface area contributed by atoms with Crippen LogP contribution in [0.2, 0.25) is 0 Å². The molecule has 2 aromatic heterocycles. The number of methoxy groups -OCH3 is 1. The van der Waals surface area contributed by atoms with E-state index in [0.717, 1.165) is 17.9 Å². The third kappa shape index (κ3) is 2.39. The van der Waals surface area contributed by atoms with Crippen LogP contribution in [-0.4, -0.2) is 18.0 Å². The first-order chi connectivity index (χ1) is 9.69. The lowest BCUT2D eigenvalue weighted by Crippen LogP contribution is -2.16. The first-order valence-corrected chi connectivity index (χ1v) is 6.55. The molecule has 20 heavy (non-hydrogen) atoms. The van der Waals surface area contributed by atoms with Gasteiger partial charge in [0.1, 0.15) is 5.76 Å². The summed E-state index contributed by atoms with van der Waals surface area (Å²) in [6.07, 6.45) is 2.45. The molecule has 5 nitrogen and oxygen atoms in total. The van der Waals surface area contributed by atoms with Gasteiger partial charge in [0.25, 0.3) is 0 Å². The molecular formula is C15H16N2O3. The van der Waals surface area contributed by atoms with Crippen molar-refractivity contribution in [1.29, 1.82) is 0 Å². The van der Waals surface area contributed by atoms with Crippen molar-refractivity contribution in [3.63, 3.8) is 0 Å². The van der Waals surface area contributed by atoms with Gasteiger partial charge in [-0.3, -0.25) is 4.79 Å². The number of nitrogens with one attached hydrogen (secondary N) is 1. The Morgan fingerprint density at radius 2 is 2.30 bits per heavy atom. The molecule has 1 aliphatic rings. The van der Waals surface area contributed by atoms with E-state index in [1.807, 2.05) is 25.1 Å². The summed E-state index contributed by atoms with van der Waals surface area (Å²) >= 11 is 0.